The van der Waals surface area contributed by atoms with Crippen molar-refractivity contribution in [2.45, 2.75) is 103 Å². The lowest BCUT2D eigenvalue weighted by Crippen LogP contribution is -2.59. The maximum Gasteiger partial charge on any atom is 0.219 e. The van der Waals surface area contributed by atoms with Crippen molar-refractivity contribution in [3.63, 3.8) is 0 Å². The van der Waals surface area contributed by atoms with Crippen LogP contribution in [0.4, 0.5) is 0 Å². The molecule has 0 unspecified atom stereocenters. The average Bonchev–Trinajstić information content (AvgIpc) is 2.43. The SMILES string of the molecule is CCCCCC[C@@H](ON1C(C)(C)CCCC1(C)C)C(=O)SC. The Morgan fingerprint density at radius 3 is 2.23 bits per heavy atom. The fraction of sp³-hybridized carbons (Fsp3) is 0.944. The maximum atomic E-state index is 12.3. The second kappa shape index (κ2) is 8.70. The standard InChI is InChI=1S/C18H35NO2S/c1-7-8-9-10-12-15(16(20)22-6)21-19-17(2,3)13-11-14-18(19,4)5/h15H,7-14H2,1-6H3/t15-/m1/s1. The molecule has 4 heteroatoms. The van der Waals surface area contributed by atoms with Gasteiger partial charge in [-0.05, 0) is 59.6 Å². The lowest BCUT2D eigenvalue weighted by molar-refractivity contribution is -0.297. The molecule has 22 heavy (non-hydrogen) atoms. The Morgan fingerprint density at radius 2 is 1.73 bits per heavy atom. The van der Waals surface area contributed by atoms with Gasteiger partial charge in [-0.2, -0.15) is 5.06 Å². The van der Waals surface area contributed by atoms with Crippen LogP contribution in [0.15, 0.2) is 0 Å². The minimum absolute atomic E-state index is 0.0118. The van der Waals surface area contributed by atoms with Crippen molar-refractivity contribution >= 4 is 16.9 Å². The van der Waals surface area contributed by atoms with E-state index >= 15 is 0 Å². The van der Waals surface area contributed by atoms with Crippen LogP contribution in [0.2, 0.25) is 0 Å². The summed E-state index contributed by atoms with van der Waals surface area (Å²) < 4.78 is 0. The van der Waals surface area contributed by atoms with Gasteiger partial charge in [-0.15, -0.1) is 0 Å². The summed E-state index contributed by atoms with van der Waals surface area (Å²) in [4.78, 5) is 18.6. The fourth-order valence-electron chi connectivity index (χ4n) is 3.49. The molecule has 1 saturated heterocycles. The third-order valence-corrected chi connectivity index (χ3v) is 5.36. The minimum atomic E-state index is -0.302. The zero-order valence-corrected chi connectivity index (χ0v) is 16.2. The first-order valence-corrected chi connectivity index (χ1v) is 10.0. The van der Waals surface area contributed by atoms with Gasteiger partial charge in [-0.3, -0.25) is 9.63 Å². The molecule has 0 bridgehead atoms. The van der Waals surface area contributed by atoms with Crippen LogP contribution < -0.4 is 0 Å². The number of rotatable bonds is 8. The van der Waals surface area contributed by atoms with Crippen LogP contribution in [0, 0.1) is 0 Å². The third kappa shape index (κ3) is 5.54. The maximum absolute atomic E-state index is 12.3. The molecule has 1 fully saturated rings. The van der Waals surface area contributed by atoms with E-state index in [4.69, 9.17) is 4.84 Å². The van der Waals surface area contributed by atoms with E-state index in [2.05, 4.69) is 39.7 Å². The predicted molar refractivity (Wildman–Crippen MR) is 96.0 cm³/mol. The Balaban J connectivity index is 2.75. The summed E-state index contributed by atoms with van der Waals surface area (Å²) in [6.07, 6.45) is 10.6. The number of hydroxylamine groups is 2. The van der Waals surface area contributed by atoms with E-state index < -0.39 is 0 Å². The molecule has 0 radical (unpaired) electrons. The van der Waals surface area contributed by atoms with E-state index in [1.54, 1.807) is 0 Å². The van der Waals surface area contributed by atoms with Gasteiger partial charge in [0.1, 0.15) is 6.10 Å². The molecular weight excluding hydrogens is 294 g/mol. The van der Waals surface area contributed by atoms with Crippen molar-refractivity contribution in [2.75, 3.05) is 6.26 Å². The van der Waals surface area contributed by atoms with Gasteiger partial charge in [0.2, 0.25) is 5.12 Å². The van der Waals surface area contributed by atoms with Gasteiger partial charge in [0.05, 0.1) is 0 Å². The van der Waals surface area contributed by atoms with E-state index in [0.29, 0.717) is 0 Å². The lowest BCUT2D eigenvalue weighted by Gasteiger charge is -2.52. The van der Waals surface area contributed by atoms with Crippen LogP contribution in [-0.2, 0) is 9.63 Å². The molecule has 1 aliphatic heterocycles. The molecule has 3 nitrogen and oxygen atoms in total. The number of nitrogens with zero attached hydrogens (tertiary/aromatic N) is 1. The number of thioether (sulfide) groups is 1. The van der Waals surface area contributed by atoms with Crippen molar-refractivity contribution in [3.05, 3.63) is 0 Å². The van der Waals surface area contributed by atoms with Crippen molar-refractivity contribution in [1.29, 1.82) is 0 Å². The second-order valence-corrected chi connectivity index (χ2v) is 8.55. The molecule has 1 rings (SSSR count). The first-order valence-electron chi connectivity index (χ1n) is 8.79. The van der Waals surface area contributed by atoms with Gasteiger partial charge in [-0.1, -0.05) is 44.4 Å². The predicted octanol–water partition coefficient (Wildman–Crippen LogP) is 5.19. The van der Waals surface area contributed by atoms with Gasteiger partial charge >= 0.3 is 0 Å². The highest BCUT2D eigenvalue weighted by atomic mass is 32.2. The van der Waals surface area contributed by atoms with Crippen LogP contribution >= 0.6 is 11.8 Å². The summed E-state index contributed by atoms with van der Waals surface area (Å²) >= 11 is 1.29. The molecule has 0 aliphatic carbocycles. The Bertz CT molecular complexity index is 339. The number of carbonyl (C=O) groups is 1. The first kappa shape index (κ1) is 20.0. The smallest absolute Gasteiger partial charge is 0.219 e. The Morgan fingerprint density at radius 1 is 1.14 bits per heavy atom. The molecule has 1 aliphatic rings. The second-order valence-electron chi connectivity index (χ2n) is 7.74. The highest BCUT2D eigenvalue weighted by molar-refractivity contribution is 8.13. The van der Waals surface area contributed by atoms with Crippen molar-refractivity contribution < 1.29 is 9.63 Å². The van der Waals surface area contributed by atoms with Crippen LogP contribution in [-0.4, -0.2) is 33.6 Å². The Hall–Kier alpha value is -0.0600. The summed E-state index contributed by atoms with van der Waals surface area (Å²) in [5.74, 6) is 0. The van der Waals surface area contributed by atoms with Gasteiger partial charge in [-0.25, -0.2) is 0 Å². The minimum Gasteiger partial charge on any atom is -0.286 e. The highest BCUT2D eigenvalue weighted by Gasteiger charge is 2.44. The Labute approximate surface area is 141 Å². The molecule has 0 saturated carbocycles. The summed E-state index contributed by atoms with van der Waals surface area (Å²) in [5, 5.41) is 2.29. The fourth-order valence-corrected chi connectivity index (χ4v) is 3.91. The topological polar surface area (TPSA) is 29.5 Å². The lowest BCUT2D eigenvalue weighted by atomic mass is 9.82. The number of hydrogen-bond acceptors (Lipinski definition) is 4. The largest absolute Gasteiger partial charge is 0.286 e. The molecule has 0 N–H and O–H groups in total. The van der Waals surface area contributed by atoms with Crippen molar-refractivity contribution in [3.8, 4) is 0 Å². The van der Waals surface area contributed by atoms with Crippen LogP contribution in [0.1, 0.15) is 86.0 Å². The van der Waals surface area contributed by atoms with Crippen LogP contribution in [0.5, 0.6) is 0 Å². The molecule has 0 spiro atoms. The van der Waals surface area contributed by atoms with Crippen LogP contribution in [0.3, 0.4) is 0 Å². The Kier molecular flexibility index (Phi) is 7.90. The molecule has 130 valence electrons. The molecular formula is C18H35NO2S. The molecule has 0 aromatic carbocycles. The summed E-state index contributed by atoms with van der Waals surface area (Å²) in [5.41, 5.74) is -0.0236. The van der Waals surface area contributed by atoms with Gasteiger partial charge in [0, 0.05) is 11.1 Å². The van der Waals surface area contributed by atoms with Gasteiger partial charge < -0.3 is 0 Å². The highest BCUT2D eigenvalue weighted by Crippen LogP contribution is 2.39. The molecule has 1 atom stereocenters. The zero-order valence-electron chi connectivity index (χ0n) is 15.4. The summed E-state index contributed by atoms with van der Waals surface area (Å²) in [7, 11) is 0. The summed E-state index contributed by atoms with van der Waals surface area (Å²) in [6.45, 7) is 11.1. The van der Waals surface area contributed by atoms with Crippen molar-refractivity contribution in [2.24, 2.45) is 0 Å². The van der Waals surface area contributed by atoms with Crippen LogP contribution in [0.25, 0.3) is 0 Å². The van der Waals surface area contributed by atoms with Crippen molar-refractivity contribution in [1.82, 2.24) is 5.06 Å². The quantitative estimate of drug-likeness (QED) is 0.573. The summed E-state index contributed by atoms with van der Waals surface area (Å²) in [6, 6.07) is 0. The monoisotopic (exact) mass is 329 g/mol. The molecule has 0 aromatic rings. The van der Waals surface area contributed by atoms with E-state index in [0.717, 1.165) is 25.7 Å². The molecule has 1 heterocycles. The number of unbranched alkanes of at least 4 members (excludes halogenated alkanes) is 3. The molecule has 0 amide bonds. The van der Waals surface area contributed by atoms with E-state index in [9.17, 15) is 4.79 Å². The zero-order chi connectivity index (χ0) is 16.8. The first-order chi connectivity index (χ1) is 10.2. The van der Waals surface area contributed by atoms with E-state index in [-0.39, 0.29) is 22.3 Å². The van der Waals surface area contributed by atoms with E-state index in [1.807, 2.05) is 6.26 Å². The van der Waals surface area contributed by atoms with Gasteiger partial charge in [0.15, 0.2) is 0 Å². The number of piperidine rings is 1. The third-order valence-electron chi connectivity index (χ3n) is 4.69. The normalized spacial score (nSPS) is 22.5. The number of hydrogen-bond donors (Lipinski definition) is 0. The van der Waals surface area contributed by atoms with E-state index in [1.165, 1.54) is 37.4 Å². The molecule has 0 aromatic heterocycles. The van der Waals surface area contributed by atoms with Gasteiger partial charge in [0.25, 0.3) is 0 Å². The number of carbonyl (C=O) groups excluding carboxylic acids is 1. The average molecular weight is 330 g/mol.